The highest BCUT2D eigenvalue weighted by Gasteiger charge is 2.53. The minimum atomic E-state index is -0.751. The van der Waals surface area contributed by atoms with Crippen LogP contribution in [0.4, 0.5) is 10.5 Å². The zero-order chi connectivity index (χ0) is 23.0. The number of benzene rings is 1. The molecule has 0 aliphatic heterocycles. The molecule has 3 aromatic heterocycles. The molecule has 1 amide bonds. The van der Waals surface area contributed by atoms with E-state index >= 15 is 0 Å². The van der Waals surface area contributed by atoms with Crippen molar-refractivity contribution in [2.24, 2.45) is 0 Å². The Morgan fingerprint density at radius 3 is 2.64 bits per heavy atom. The first-order valence-electron chi connectivity index (χ1n) is 10.2. The van der Waals surface area contributed by atoms with Crippen molar-refractivity contribution in [1.29, 1.82) is 0 Å². The van der Waals surface area contributed by atoms with Gasteiger partial charge in [-0.1, -0.05) is 35.5 Å². The van der Waals surface area contributed by atoms with Crippen LogP contribution in [0.5, 0.6) is 0 Å². The van der Waals surface area contributed by atoms with Crippen LogP contribution in [0.1, 0.15) is 39.6 Å². The van der Waals surface area contributed by atoms with E-state index in [1.54, 1.807) is 6.92 Å². The number of fused-ring (bicyclic) bond motifs is 1. The summed E-state index contributed by atoms with van der Waals surface area (Å²) in [4.78, 5) is 25.5. The van der Waals surface area contributed by atoms with Crippen LogP contribution in [-0.2, 0) is 21.6 Å². The average Bonchev–Trinajstić information content (AvgIpc) is 3.24. The van der Waals surface area contributed by atoms with E-state index in [1.165, 1.54) is 22.7 Å². The van der Waals surface area contributed by atoms with Gasteiger partial charge in [-0.2, -0.15) is 0 Å². The van der Waals surface area contributed by atoms with Crippen molar-refractivity contribution in [2.75, 3.05) is 5.32 Å². The van der Waals surface area contributed by atoms with Gasteiger partial charge in [-0.3, -0.25) is 10.1 Å². The van der Waals surface area contributed by atoms with Crippen LogP contribution in [0.2, 0.25) is 0 Å². The topological polar surface area (TPSA) is 102 Å². The van der Waals surface area contributed by atoms with Crippen molar-refractivity contribution in [1.82, 2.24) is 5.16 Å². The molecule has 1 fully saturated rings. The predicted octanol–water partition coefficient (Wildman–Crippen LogP) is 5.52. The fraction of sp³-hybridized carbons (Fsp3) is 0.208. The number of carboxylic acids is 1. The summed E-state index contributed by atoms with van der Waals surface area (Å²) < 4.78 is 12.6. The van der Waals surface area contributed by atoms with E-state index in [0.717, 1.165) is 24.7 Å². The van der Waals surface area contributed by atoms with E-state index in [9.17, 15) is 14.7 Å². The molecule has 4 aromatic rings. The van der Waals surface area contributed by atoms with E-state index < -0.39 is 17.5 Å². The molecule has 1 aliphatic rings. The maximum absolute atomic E-state index is 12.2. The smallest absolute Gasteiger partial charge is 0.412 e. The maximum atomic E-state index is 12.2. The summed E-state index contributed by atoms with van der Waals surface area (Å²) in [6, 6.07) is 13.3. The number of carbonyl (C=O) groups excluding carboxylic acids is 1. The lowest BCUT2D eigenvalue weighted by Crippen LogP contribution is -2.17. The fourth-order valence-corrected chi connectivity index (χ4v) is 5.89. The number of rotatable bonds is 5. The molecule has 0 saturated heterocycles. The van der Waals surface area contributed by atoms with Crippen molar-refractivity contribution >= 4 is 49.8 Å². The number of aryl methyl sites for hydroxylation is 1. The Hall–Kier alpha value is -3.61. The normalized spacial score (nSPS) is 13.8. The minimum Gasteiger partial charge on any atom is -0.481 e. The molecule has 0 spiro atoms. The average molecular weight is 479 g/mol. The highest BCUT2D eigenvalue weighted by molar-refractivity contribution is 7.28. The number of aromatic nitrogens is 1. The van der Waals surface area contributed by atoms with Gasteiger partial charge in [0.25, 0.3) is 0 Å². The van der Waals surface area contributed by atoms with Crippen LogP contribution in [0.25, 0.3) is 9.40 Å². The zero-order valence-electron chi connectivity index (χ0n) is 17.5. The van der Waals surface area contributed by atoms with Gasteiger partial charge < -0.3 is 14.4 Å². The first-order valence-corrected chi connectivity index (χ1v) is 11.8. The second-order valence-electron chi connectivity index (χ2n) is 7.75. The third-order valence-corrected chi connectivity index (χ3v) is 7.85. The Morgan fingerprint density at radius 1 is 1.18 bits per heavy atom. The van der Waals surface area contributed by atoms with E-state index in [4.69, 9.17) is 9.26 Å². The first kappa shape index (κ1) is 21.2. The number of aliphatic carboxylic acids is 1. The van der Waals surface area contributed by atoms with Crippen molar-refractivity contribution in [2.45, 2.75) is 31.8 Å². The number of carboxylic acid groups (broad SMARTS) is 1. The van der Waals surface area contributed by atoms with Crippen molar-refractivity contribution in [3.05, 3.63) is 69.2 Å². The molecule has 0 radical (unpaired) electrons. The van der Waals surface area contributed by atoms with Crippen LogP contribution >= 0.6 is 22.7 Å². The van der Waals surface area contributed by atoms with Gasteiger partial charge in [-0.05, 0) is 49.3 Å². The molecule has 1 saturated carbocycles. The lowest BCUT2D eigenvalue weighted by atomic mass is 10.1. The van der Waals surface area contributed by atoms with Gasteiger partial charge in [0, 0.05) is 14.3 Å². The van der Waals surface area contributed by atoms with Gasteiger partial charge in [0.2, 0.25) is 5.76 Å². The van der Waals surface area contributed by atoms with Gasteiger partial charge in [0.15, 0.2) is 0 Å². The molecular weight excluding hydrogens is 460 g/mol. The molecule has 2 N–H and O–H groups in total. The SMILES string of the molecule is Cc1noc(C#Cc2cc3sc(C4(C(=O)O)CC4)cc3s2)c1NC(=O)OCc1ccccc1. The number of nitrogens with zero attached hydrogens (tertiary/aromatic N) is 1. The summed E-state index contributed by atoms with van der Waals surface area (Å²) in [6.45, 7) is 1.86. The summed E-state index contributed by atoms with van der Waals surface area (Å²) in [5.74, 6) is 5.47. The zero-order valence-corrected chi connectivity index (χ0v) is 19.1. The third kappa shape index (κ3) is 4.23. The predicted molar refractivity (Wildman–Crippen MR) is 126 cm³/mol. The second-order valence-corrected chi connectivity index (χ2v) is 9.91. The largest absolute Gasteiger partial charge is 0.481 e. The number of hydrogen-bond donors (Lipinski definition) is 2. The summed E-state index contributed by atoms with van der Waals surface area (Å²) in [6.07, 6.45) is 0.763. The molecule has 0 unspecified atom stereocenters. The highest BCUT2D eigenvalue weighted by Crippen LogP contribution is 2.52. The highest BCUT2D eigenvalue weighted by atomic mass is 32.1. The molecule has 3 heterocycles. The Balaban J connectivity index is 1.29. The number of nitrogens with one attached hydrogen (secondary N) is 1. The van der Waals surface area contributed by atoms with Gasteiger partial charge in [-0.15, -0.1) is 22.7 Å². The molecule has 0 bridgehead atoms. The standard InChI is InChI=1S/C24H18N2O5S2/c1-14-21(25-23(29)30-13-15-5-3-2-4-6-15)17(31-26-14)8-7-16-11-18-19(32-16)12-20(33-18)24(9-10-24)22(27)28/h2-6,11-12H,9-10,13H2,1H3,(H,25,29)(H,27,28). The summed E-state index contributed by atoms with van der Waals surface area (Å²) in [5.41, 5.74) is 1.06. The quantitative estimate of drug-likeness (QED) is 0.366. The van der Waals surface area contributed by atoms with Crippen LogP contribution in [0.3, 0.4) is 0 Å². The van der Waals surface area contributed by atoms with Gasteiger partial charge in [0.05, 0.1) is 4.88 Å². The maximum Gasteiger partial charge on any atom is 0.412 e. The molecule has 166 valence electrons. The van der Waals surface area contributed by atoms with Crippen molar-refractivity contribution < 1.29 is 24.0 Å². The van der Waals surface area contributed by atoms with Crippen LogP contribution in [-0.4, -0.2) is 22.3 Å². The number of thiophene rings is 2. The Kier molecular flexibility index (Phi) is 5.40. The molecule has 0 atom stereocenters. The minimum absolute atomic E-state index is 0.148. The summed E-state index contributed by atoms with van der Waals surface area (Å²) in [5, 5.41) is 16.1. The third-order valence-electron chi connectivity index (χ3n) is 5.44. The van der Waals surface area contributed by atoms with Crippen LogP contribution < -0.4 is 5.32 Å². The first-order chi connectivity index (χ1) is 15.9. The van der Waals surface area contributed by atoms with E-state index in [0.29, 0.717) is 24.2 Å². The lowest BCUT2D eigenvalue weighted by Gasteiger charge is -2.06. The second kappa shape index (κ2) is 8.39. The van der Waals surface area contributed by atoms with E-state index in [2.05, 4.69) is 22.3 Å². The summed E-state index contributed by atoms with van der Waals surface area (Å²) in [7, 11) is 0. The molecule has 33 heavy (non-hydrogen) atoms. The number of amides is 1. The van der Waals surface area contributed by atoms with Crippen molar-refractivity contribution in [3.8, 4) is 11.8 Å². The van der Waals surface area contributed by atoms with Gasteiger partial charge in [-0.25, -0.2) is 4.79 Å². The number of carbonyl (C=O) groups is 2. The molecule has 5 rings (SSSR count). The van der Waals surface area contributed by atoms with Crippen LogP contribution in [0, 0.1) is 18.8 Å². The van der Waals surface area contributed by atoms with Gasteiger partial charge in [0.1, 0.15) is 23.4 Å². The number of ether oxygens (including phenoxy) is 1. The molecule has 7 nitrogen and oxygen atoms in total. The number of hydrogen-bond acceptors (Lipinski definition) is 7. The molecule has 9 heteroatoms. The van der Waals surface area contributed by atoms with Crippen molar-refractivity contribution in [3.63, 3.8) is 0 Å². The Bertz CT molecular complexity index is 1390. The Labute approximate surface area is 197 Å². The van der Waals surface area contributed by atoms with E-state index in [-0.39, 0.29) is 12.4 Å². The van der Waals surface area contributed by atoms with E-state index in [1.807, 2.05) is 42.5 Å². The number of anilines is 1. The molecule has 1 aromatic carbocycles. The molecular formula is C24H18N2O5S2. The fourth-order valence-electron chi connectivity index (χ4n) is 3.41. The lowest BCUT2D eigenvalue weighted by molar-refractivity contribution is -0.139. The Morgan fingerprint density at radius 2 is 1.94 bits per heavy atom. The van der Waals surface area contributed by atoms with Crippen LogP contribution in [0.15, 0.2) is 47.0 Å². The monoisotopic (exact) mass is 478 g/mol. The molecule has 1 aliphatic carbocycles. The van der Waals surface area contributed by atoms with Gasteiger partial charge >= 0.3 is 12.1 Å². The summed E-state index contributed by atoms with van der Waals surface area (Å²) >= 11 is 3.00.